The van der Waals surface area contributed by atoms with Gasteiger partial charge in [-0.1, -0.05) is 46.9 Å². The number of hydrazone groups is 1. The Labute approximate surface area is 263 Å². The lowest BCUT2D eigenvalue weighted by Crippen LogP contribution is -2.32. The normalized spacial score (nSPS) is 11.6. The minimum Gasteiger partial charge on any atom is -0.495 e. The lowest BCUT2D eigenvalue weighted by Gasteiger charge is -2.22. The third-order valence-electron chi connectivity index (χ3n) is 5.98. The molecule has 10 nitrogen and oxygen atoms in total. The quantitative estimate of drug-likeness (QED) is 0.121. The van der Waals surface area contributed by atoms with Crippen molar-refractivity contribution in [2.45, 2.75) is 24.9 Å². The van der Waals surface area contributed by atoms with Crippen molar-refractivity contribution in [2.75, 3.05) is 12.4 Å². The fourth-order valence-electron chi connectivity index (χ4n) is 3.85. The van der Waals surface area contributed by atoms with Gasteiger partial charge in [0.15, 0.2) is 0 Å². The van der Waals surface area contributed by atoms with Crippen molar-refractivity contribution in [1.82, 2.24) is 9.73 Å². The Hall–Kier alpha value is -3.87. The summed E-state index contributed by atoms with van der Waals surface area (Å²) in [5, 5.41) is 7.26. The van der Waals surface area contributed by atoms with Crippen LogP contribution in [0.3, 0.4) is 0 Å². The highest BCUT2D eigenvalue weighted by molar-refractivity contribution is 7.89. The van der Waals surface area contributed by atoms with Gasteiger partial charge in [-0.05, 0) is 78.7 Å². The smallest absolute Gasteiger partial charge is 0.329 e. The van der Waals surface area contributed by atoms with Crippen LogP contribution < -0.4 is 15.5 Å². The highest BCUT2D eigenvalue weighted by Gasteiger charge is 2.26. The Kier molecular flexibility index (Phi) is 10.5. The van der Waals surface area contributed by atoms with E-state index in [1.807, 2.05) is 6.92 Å². The van der Waals surface area contributed by atoms with Gasteiger partial charge in [-0.15, -0.1) is 0 Å². The topological polar surface area (TPSA) is 130 Å². The first-order valence-electron chi connectivity index (χ1n) is 12.5. The van der Waals surface area contributed by atoms with Crippen LogP contribution in [-0.4, -0.2) is 37.9 Å². The average molecular weight is 664 g/mol. The van der Waals surface area contributed by atoms with Crippen molar-refractivity contribution < 1.29 is 27.2 Å². The number of hydrogen-bond acceptors (Lipinski definition) is 7. The Morgan fingerprint density at radius 3 is 2.37 bits per heavy atom. The minimum absolute atomic E-state index is 0.0366. The van der Waals surface area contributed by atoms with Crippen molar-refractivity contribution in [1.29, 1.82) is 0 Å². The molecule has 1 aromatic heterocycles. The van der Waals surface area contributed by atoms with E-state index in [1.54, 1.807) is 42.5 Å². The minimum atomic E-state index is -4.00. The van der Waals surface area contributed by atoms with Crippen LogP contribution in [-0.2, 0) is 32.7 Å². The number of rotatable bonds is 10. The van der Waals surface area contributed by atoms with Crippen LogP contribution in [0.25, 0.3) is 0 Å². The molecule has 0 bridgehead atoms. The van der Waals surface area contributed by atoms with Gasteiger partial charge in [-0.2, -0.15) is 9.41 Å². The Morgan fingerprint density at radius 2 is 1.67 bits per heavy atom. The fourth-order valence-corrected chi connectivity index (χ4v) is 5.69. The summed E-state index contributed by atoms with van der Waals surface area (Å²) < 4.78 is 39.3. The number of ether oxygens (including phenoxy) is 1. The van der Waals surface area contributed by atoms with Gasteiger partial charge in [-0.25, -0.2) is 13.8 Å². The van der Waals surface area contributed by atoms with Gasteiger partial charge in [0, 0.05) is 11.6 Å². The standard InChI is InChI=1S/C29H25Cl3N4O6S/c1-18-3-12-27(41-2)26(13-18)34-28(37)29(38)35-33-15-21-7-8-22(42-21)17-36(16-19-4-11-24(31)25(32)14-19)43(39,40)23-9-5-20(30)6-10-23/h3-15H,16-17H2,1-2H3,(H,34,37)(H,35,38)/b33-15+. The molecule has 0 saturated carbocycles. The maximum absolute atomic E-state index is 13.6. The van der Waals surface area contributed by atoms with E-state index in [4.69, 9.17) is 44.0 Å². The maximum Gasteiger partial charge on any atom is 0.329 e. The van der Waals surface area contributed by atoms with Crippen molar-refractivity contribution in [2.24, 2.45) is 5.10 Å². The molecule has 43 heavy (non-hydrogen) atoms. The predicted molar refractivity (Wildman–Crippen MR) is 165 cm³/mol. The van der Waals surface area contributed by atoms with Gasteiger partial charge in [0.2, 0.25) is 10.0 Å². The predicted octanol–water partition coefficient (Wildman–Crippen LogP) is 6.04. The molecule has 0 atom stereocenters. The number of nitrogens with one attached hydrogen (secondary N) is 2. The molecule has 14 heteroatoms. The zero-order valence-corrected chi connectivity index (χ0v) is 25.9. The van der Waals surface area contributed by atoms with Crippen molar-refractivity contribution >= 4 is 68.5 Å². The molecule has 3 aromatic carbocycles. The molecule has 2 amide bonds. The summed E-state index contributed by atoms with van der Waals surface area (Å²) in [6.45, 7) is 1.64. The molecule has 4 rings (SSSR count). The largest absolute Gasteiger partial charge is 0.495 e. The first kappa shape index (κ1) is 32.1. The first-order valence-corrected chi connectivity index (χ1v) is 15.1. The van der Waals surface area contributed by atoms with E-state index in [-0.39, 0.29) is 34.5 Å². The third-order valence-corrected chi connectivity index (χ3v) is 8.77. The number of hydrogen-bond donors (Lipinski definition) is 2. The van der Waals surface area contributed by atoms with Crippen molar-refractivity contribution in [3.05, 3.63) is 111 Å². The van der Waals surface area contributed by atoms with Crippen LogP contribution in [0.2, 0.25) is 15.1 Å². The molecule has 0 aliphatic heterocycles. The Bertz CT molecular complexity index is 1780. The number of sulfonamides is 1. The molecule has 0 saturated heterocycles. The summed E-state index contributed by atoms with van der Waals surface area (Å²) >= 11 is 18.1. The van der Waals surface area contributed by atoms with Gasteiger partial charge in [0.05, 0.1) is 40.5 Å². The average Bonchev–Trinajstić information content (AvgIpc) is 3.42. The fraction of sp³-hybridized carbons (Fsp3) is 0.138. The zero-order valence-electron chi connectivity index (χ0n) is 22.8. The van der Waals surface area contributed by atoms with E-state index in [9.17, 15) is 18.0 Å². The lowest BCUT2D eigenvalue weighted by atomic mass is 10.2. The molecule has 1 heterocycles. The van der Waals surface area contributed by atoms with E-state index in [1.165, 1.54) is 48.0 Å². The zero-order chi connectivity index (χ0) is 31.1. The number of benzene rings is 3. The molecule has 0 spiro atoms. The molecular formula is C29H25Cl3N4O6S. The summed E-state index contributed by atoms with van der Waals surface area (Å²) in [5.74, 6) is -1.09. The van der Waals surface area contributed by atoms with E-state index in [2.05, 4.69) is 15.8 Å². The van der Waals surface area contributed by atoms with E-state index in [0.29, 0.717) is 27.0 Å². The molecule has 4 aromatic rings. The molecule has 0 aliphatic rings. The highest BCUT2D eigenvalue weighted by Crippen LogP contribution is 2.27. The van der Waals surface area contributed by atoms with Gasteiger partial charge < -0.3 is 14.5 Å². The van der Waals surface area contributed by atoms with Crippen molar-refractivity contribution in [3.63, 3.8) is 0 Å². The monoisotopic (exact) mass is 662 g/mol. The summed E-state index contributed by atoms with van der Waals surface area (Å²) in [6, 6.07) is 18.9. The molecule has 0 fully saturated rings. The highest BCUT2D eigenvalue weighted by atomic mass is 35.5. The number of halogens is 3. The van der Waals surface area contributed by atoms with Crippen LogP contribution in [0.5, 0.6) is 5.75 Å². The van der Waals surface area contributed by atoms with Gasteiger partial charge in [0.25, 0.3) is 0 Å². The molecule has 2 N–H and O–H groups in total. The van der Waals surface area contributed by atoms with Crippen LogP contribution >= 0.6 is 34.8 Å². The summed E-state index contributed by atoms with van der Waals surface area (Å²) in [6.07, 6.45) is 1.18. The number of anilines is 1. The summed E-state index contributed by atoms with van der Waals surface area (Å²) in [4.78, 5) is 24.6. The maximum atomic E-state index is 13.6. The van der Waals surface area contributed by atoms with E-state index >= 15 is 0 Å². The van der Waals surface area contributed by atoms with Crippen LogP contribution in [0.4, 0.5) is 5.69 Å². The number of carbonyl (C=O) groups is 2. The Morgan fingerprint density at radius 1 is 0.930 bits per heavy atom. The SMILES string of the molecule is COc1ccc(C)cc1NC(=O)C(=O)N/N=C/c1ccc(CN(Cc2ccc(Cl)c(Cl)c2)S(=O)(=O)c2ccc(Cl)cc2)o1. The lowest BCUT2D eigenvalue weighted by molar-refractivity contribution is -0.136. The van der Waals surface area contributed by atoms with Crippen LogP contribution in [0, 0.1) is 6.92 Å². The molecule has 0 aliphatic carbocycles. The van der Waals surface area contributed by atoms with Gasteiger partial charge >= 0.3 is 11.8 Å². The van der Waals surface area contributed by atoms with Crippen LogP contribution in [0.15, 0.2) is 87.2 Å². The second-order valence-corrected chi connectivity index (χ2v) is 12.3. The van der Waals surface area contributed by atoms with Gasteiger partial charge in [-0.3, -0.25) is 9.59 Å². The first-order chi connectivity index (χ1) is 20.5. The van der Waals surface area contributed by atoms with E-state index in [0.717, 1.165) is 5.56 Å². The number of amides is 2. The second-order valence-electron chi connectivity index (χ2n) is 9.14. The number of carbonyl (C=O) groups excluding carboxylic acids is 2. The second kappa shape index (κ2) is 14.1. The number of aryl methyl sites for hydroxylation is 1. The number of furan rings is 1. The molecule has 0 unspecified atom stereocenters. The molecule has 0 radical (unpaired) electrons. The number of nitrogens with zero attached hydrogens (tertiary/aromatic N) is 2. The Balaban J connectivity index is 1.46. The third kappa shape index (κ3) is 8.37. The molecule has 224 valence electrons. The molecular weight excluding hydrogens is 639 g/mol. The van der Waals surface area contributed by atoms with Gasteiger partial charge in [0.1, 0.15) is 17.3 Å². The summed E-state index contributed by atoms with van der Waals surface area (Å²) in [5.41, 5.74) is 3.92. The van der Waals surface area contributed by atoms with E-state index < -0.39 is 21.8 Å². The van der Waals surface area contributed by atoms with Crippen LogP contribution in [0.1, 0.15) is 22.6 Å². The summed E-state index contributed by atoms with van der Waals surface area (Å²) in [7, 11) is -2.56. The van der Waals surface area contributed by atoms with Crippen molar-refractivity contribution in [3.8, 4) is 5.75 Å². The number of methoxy groups -OCH3 is 1.